The maximum Gasteiger partial charge on any atom is 0.347 e. The smallest absolute Gasteiger partial charge is 0.347 e. The van der Waals surface area contributed by atoms with E-state index in [2.05, 4.69) is 26.6 Å². The fourth-order valence-corrected chi connectivity index (χ4v) is 11.9. The number of Topliss-reactive ketones (excluding diaryl/α,β-unsaturated/α-hetero) is 2. The summed E-state index contributed by atoms with van der Waals surface area (Å²) in [4.78, 5) is 162. The number of epoxide rings is 1. The van der Waals surface area contributed by atoms with Gasteiger partial charge in [-0.25, -0.2) is 9.59 Å². The molecule has 2 aromatic rings. The van der Waals surface area contributed by atoms with Crippen LogP contribution in [0.2, 0.25) is 5.02 Å². The summed E-state index contributed by atoms with van der Waals surface area (Å²) in [5.74, 6) is -8.40. The summed E-state index contributed by atoms with van der Waals surface area (Å²) < 4.78 is 75.6. The van der Waals surface area contributed by atoms with Crippen molar-refractivity contribution in [2.24, 2.45) is 29.1 Å². The minimum absolute atomic E-state index is 0.00232. The monoisotopic (exact) mass is 1520 g/mol. The van der Waals surface area contributed by atoms with Gasteiger partial charge in [-0.3, -0.25) is 52.5 Å². The highest BCUT2D eigenvalue weighted by Gasteiger charge is 2.48. The number of esters is 2. The lowest BCUT2D eigenvalue weighted by Gasteiger charge is -2.29. The predicted molar refractivity (Wildman–Crippen MR) is 380 cm³/mol. The number of rotatable bonds is 45. The van der Waals surface area contributed by atoms with Crippen molar-refractivity contribution in [2.45, 2.75) is 188 Å². The van der Waals surface area contributed by atoms with Gasteiger partial charge in [0.05, 0.1) is 88.3 Å². The standard InChI is InChI=1S/C73H105ClN6O24S/c1-46(2)41-59-71(91)101-57(14-11-15-62(85)78-54(43-50-21-25-58(96-8)53(74)42-50)70(90)77-45-73(6,7)72(92)102-59)48(5)68-69(103-68)51-22-18-49(19-23-51)20-24-55(81)52(44-56(82)67(47(3)4)79-63(86)16-12-17-66(89)104-80-64(87)26-27-65(80)88)13-9-10-30-75-60(83)28-32-97-34-36-99-38-39-100-37-35-98-33-29-61(84)76-31-40-105(93,94)95/h11,15,18-19,21-23,25,42,46-48,52,54,57,59,67-69H,9-10,12-14,16-17,20,24,26-41,43-45H2,1-8H3,(H,75,83)(H,76,84)(H,77,90)(H,78,85)(H,79,86)(H,93,94,95)/b15-11+/t48-,52+,54+,57-,59-,67-,68+,69+/m0/s1. The Morgan fingerprint density at radius 2 is 1.34 bits per heavy atom. The van der Waals surface area contributed by atoms with Crippen LogP contribution in [0, 0.1) is 29.1 Å². The van der Waals surface area contributed by atoms with Crippen LogP contribution in [0.3, 0.4) is 0 Å². The molecule has 3 heterocycles. The van der Waals surface area contributed by atoms with E-state index in [4.69, 9.17) is 58.9 Å². The van der Waals surface area contributed by atoms with Crippen molar-refractivity contribution in [3.8, 4) is 5.75 Å². The van der Waals surface area contributed by atoms with Gasteiger partial charge in [0, 0.05) is 95.7 Å². The Balaban J connectivity index is 1.15. The van der Waals surface area contributed by atoms with E-state index in [1.54, 1.807) is 52.0 Å². The van der Waals surface area contributed by atoms with Gasteiger partial charge in [-0.1, -0.05) is 89.0 Å². The van der Waals surface area contributed by atoms with E-state index >= 15 is 0 Å². The lowest BCUT2D eigenvalue weighted by atomic mass is 9.85. The van der Waals surface area contributed by atoms with E-state index in [1.807, 2.05) is 45.0 Å². The van der Waals surface area contributed by atoms with Gasteiger partial charge in [0.15, 0.2) is 11.9 Å². The third-order valence-electron chi connectivity index (χ3n) is 17.5. The second-order valence-electron chi connectivity index (χ2n) is 27.5. The Labute approximate surface area is 618 Å². The molecule has 0 saturated carbocycles. The van der Waals surface area contributed by atoms with Crippen molar-refractivity contribution in [3.05, 3.63) is 76.3 Å². The summed E-state index contributed by atoms with van der Waals surface area (Å²) in [5, 5.41) is 14.3. The van der Waals surface area contributed by atoms with Crippen LogP contribution in [-0.4, -0.2) is 205 Å². The van der Waals surface area contributed by atoms with E-state index in [0.717, 1.165) is 11.1 Å². The molecule has 5 rings (SSSR count). The molecule has 0 bridgehead atoms. The molecule has 0 aliphatic carbocycles. The van der Waals surface area contributed by atoms with Crippen molar-refractivity contribution < 1.29 is 113 Å². The molecule has 0 spiro atoms. The lowest BCUT2D eigenvalue weighted by molar-refractivity contribution is -0.197. The average Bonchev–Trinajstić information content (AvgIpc) is 1.63. The number of imide groups is 1. The summed E-state index contributed by atoms with van der Waals surface area (Å²) in [7, 11) is -2.69. The molecule has 2 aromatic carbocycles. The molecule has 2 fully saturated rings. The third-order valence-corrected chi connectivity index (χ3v) is 18.5. The van der Waals surface area contributed by atoms with E-state index < -0.39 is 123 Å². The number of hydrogen-bond donors (Lipinski definition) is 6. The number of carbonyl (C=O) groups is 12. The molecule has 3 aliphatic rings. The first kappa shape index (κ1) is 87.9. The number of nitrogens with zero attached hydrogens (tertiary/aromatic N) is 1. The molecule has 0 unspecified atom stereocenters. The Morgan fingerprint density at radius 3 is 1.93 bits per heavy atom. The van der Waals surface area contributed by atoms with E-state index in [-0.39, 0.29) is 172 Å². The minimum Gasteiger partial charge on any atom is -0.495 e. The Bertz CT molecular complexity index is 3390. The lowest BCUT2D eigenvalue weighted by Crippen LogP contribution is -2.51. The van der Waals surface area contributed by atoms with Gasteiger partial charge >= 0.3 is 17.9 Å². The molecule has 3 aliphatic heterocycles. The normalized spacial score (nSPS) is 19.9. The number of benzene rings is 2. The second kappa shape index (κ2) is 45.0. The number of unbranched alkanes of at least 4 members (excludes halogenated alkanes) is 1. The van der Waals surface area contributed by atoms with Crippen LogP contribution >= 0.6 is 11.6 Å². The Kier molecular flexibility index (Phi) is 37.7. The number of cyclic esters (lactones) is 2. The van der Waals surface area contributed by atoms with Crippen molar-refractivity contribution in [1.82, 2.24) is 31.6 Å². The quantitative estimate of drug-likeness (QED) is 0.0162. The molecular weight excluding hydrogens is 1410 g/mol. The molecule has 105 heavy (non-hydrogen) atoms. The van der Waals surface area contributed by atoms with Crippen LogP contribution in [0.25, 0.3) is 0 Å². The zero-order valence-electron chi connectivity index (χ0n) is 61.3. The zero-order valence-corrected chi connectivity index (χ0v) is 62.9. The highest BCUT2D eigenvalue weighted by Crippen LogP contribution is 2.45. The van der Waals surface area contributed by atoms with Crippen LogP contribution in [0.5, 0.6) is 5.75 Å². The van der Waals surface area contributed by atoms with E-state index in [9.17, 15) is 66.0 Å². The number of amides is 7. The maximum absolute atomic E-state index is 14.3. The summed E-state index contributed by atoms with van der Waals surface area (Å²) in [6.45, 7) is 13.9. The van der Waals surface area contributed by atoms with Crippen molar-refractivity contribution in [1.29, 1.82) is 0 Å². The molecule has 32 heteroatoms. The maximum atomic E-state index is 14.3. The Hall–Kier alpha value is -7.78. The van der Waals surface area contributed by atoms with E-state index in [1.165, 1.54) is 13.2 Å². The van der Waals surface area contributed by atoms with E-state index in [0.29, 0.717) is 53.6 Å². The first-order chi connectivity index (χ1) is 49.8. The van der Waals surface area contributed by atoms with Gasteiger partial charge in [-0.15, -0.1) is 5.06 Å². The number of ketones is 2. The molecule has 584 valence electrons. The summed E-state index contributed by atoms with van der Waals surface area (Å²) >= 11 is 6.41. The summed E-state index contributed by atoms with van der Waals surface area (Å²) in [6, 6.07) is 10.4. The van der Waals surface area contributed by atoms with Crippen LogP contribution in [0.15, 0.2) is 54.6 Å². The molecule has 0 radical (unpaired) electrons. The molecule has 2 saturated heterocycles. The van der Waals surface area contributed by atoms with Gasteiger partial charge < -0.3 is 69.3 Å². The second-order valence-corrected chi connectivity index (χ2v) is 29.5. The molecule has 7 amide bonds. The van der Waals surface area contributed by atoms with Crippen LogP contribution in [0.4, 0.5) is 0 Å². The molecular formula is C73H105ClN6O24S. The van der Waals surface area contributed by atoms with Gasteiger partial charge in [0.1, 0.15) is 29.8 Å². The Morgan fingerprint density at radius 1 is 0.733 bits per heavy atom. The number of methoxy groups -OCH3 is 1. The van der Waals surface area contributed by atoms with Gasteiger partial charge in [0.2, 0.25) is 29.5 Å². The number of aryl methyl sites for hydroxylation is 1. The number of hydroxylamine groups is 2. The number of hydrogen-bond acceptors (Lipinski definition) is 23. The van der Waals surface area contributed by atoms with Crippen molar-refractivity contribution >= 4 is 92.5 Å². The molecule has 0 aromatic heterocycles. The fraction of sp³-hybridized carbons (Fsp3) is 0.644. The molecule has 30 nitrogen and oxygen atoms in total. The fourth-order valence-electron chi connectivity index (χ4n) is 11.3. The highest BCUT2D eigenvalue weighted by molar-refractivity contribution is 7.85. The number of halogens is 1. The summed E-state index contributed by atoms with van der Waals surface area (Å²) in [6.07, 6.45) is 0.962. The summed E-state index contributed by atoms with van der Waals surface area (Å²) in [5.41, 5.74) is 0.937. The highest BCUT2D eigenvalue weighted by atomic mass is 35.5. The van der Waals surface area contributed by atoms with Crippen molar-refractivity contribution in [2.75, 3.05) is 85.4 Å². The van der Waals surface area contributed by atoms with Crippen LogP contribution < -0.4 is 31.3 Å². The molecule has 6 N–H and O–H groups in total. The van der Waals surface area contributed by atoms with Crippen LogP contribution in [0.1, 0.15) is 161 Å². The van der Waals surface area contributed by atoms with Gasteiger partial charge in [-0.2, -0.15) is 8.42 Å². The minimum atomic E-state index is -4.16. The van der Waals surface area contributed by atoms with Gasteiger partial charge in [0.25, 0.3) is 21.9 Å². The average molecular weight is 1520 g/mol. The predicted octanol–water partition coefficient (Wildman–Crippen LogP) is 5.26. The largest absolute Gasteiger partial charge is 0.495 e. The molecule has 8 atom stereocenters. The number of ether oxygens (including phenoxy) is 8. The SMILES string of the molecule is COc1ccc(C[C@H]2NC(=O)/C=C/C[C@@H]([C@H](C)[C@H]3O[C@@H]3c3ccc(CCC(=O)[C@H](CCCCNC(=O)CCOCCOCCOCCOCCC(=O)NCCS(=O)(=O)O)CC(=O)[C@@H](NC(=O)CCCC(=O)ON4C(=O)CCC4=O)C(C)C)cc3)OC(=O)[C@H](CC(C)C)OC(=O)C(C)(C)CNC2=O)cc1Cl. The zero-order chi connectivity index (χ0) is 77.2. The number of carbonyl (C=O) groups excluding carboxylic acids is 12. The third kappa shape index (κ3) is 32.9. The topological polar surface area (TPSA) is 409 Å². The first-order valence-corrected chi connectivity index (χ1v) is 37.8. The first-order valence-electron chi connectivity index (χ1n) is 35.8. The van der Waals surface area contributed by atoms with Crippen molar-refractivity contribution in [3.63, 3.8) is 0 Å². The number of nitrogens with one attached hydrogen (secondary N) is 5. The van der Waals surface area contributed by atoms with Gasteiger partial charge in [-0.05, 0) is 92.7 Å². The van der Waals surface area contributed by atoms with Crippen LogP contribution in [-0.2, 0) is 118 Å².